The number of anilines is 1. The molecule has 1 aromatic rings. The van der Waals surface area contributed by atoms with E-state index in [1.165, 1.54) is 24.3 Å². The molecule has 2 N–H and O–H groups in total. The summed E-state index contributed by atoms with van der Waals surface area (Å²) in [4.78, 5) is 0. The number of nitrogens with one attached hydrogen (secondary N) is 2. The number of hydrogen-bond donors (Lipinski definition) is 2. The van der Waals surface area contributed by atoms with E-state index in [4.69, 9.17) is 17.0 Å². The van der Waals surface area contributed by atoms with Crippen LogP contribution >= 0.6 is 12.2 Å². The molecule has 0 saturated carbocycles. The average Bonchev–Trinajstić information content (AvgIpc) is 2.38. The van der Waals surface area contributed by atoms with Crippen LogP contribution in [0.3, 0.4) is 0 Å². The molecule has 22 heavy (non-hydrogen) atoms. The van der Waals surface area contributed by atoms with Gasteiger partial charge in [-0.1, -0.05) is 0 Å². The smallest absolute Gasteiger partial charge is 0.406 e. The highest BCUT2D eigenvalue weighted by Gasteiger charge is 2.30. The highest BCUT2D eigenvalue weighted by Crippen LogP contribution is 2.23. The molecule has 4 nitrogen and oxygen atoms in total. The maximum Gasteiger partial charge on any atom is 0.573 e. The van der Waals surface area contributed by atoms with E-state index in [0.717, 1.165) is 6.42 Å². The zero-order valence-electron chi connectivity index (χ0n) is 12.4. The van der Waals surface area contributed by atoms with E-state index in [1.807, 2.05) is 13.8 Å². The first-order valence-electron chi connectivity index (χ1n) is 6.78. The fraction of sp³-hybridized carbons (Fsp3) is 0.500. The molecule has 0 spiro atoms. The van der Waals surface area contributed by atoms with Crippen LogP contribution in [0.1, 0.15) is 20.3 Å². The second kappa shape index (κ2) is 8.79. The maximum absolute atomic E-state index is 12.0. The molecule has 0 aliphatic carbocycles. The van der Waals surface area contributed by atoms with Crippen LogP contribution in [0, 0.1) is 0 Å². The van der Waals surface area contributed by atoms with Crippen molar-refractivity contribution in [3.8, 4) is 5.75 Å². The first-order valence-corrected chi connectivity index (χ1v) is 7.19. The number of rotatable bonds is 7. The molecule has 0 atom stereocenters. The lowest BCUT2D eigenvalue weighted by atomic mass is 10.3. The quantitative estimate of drug-likeness (QED) is 0.587. The lowest BCUT2D eigenvalue weighted by Gasteiger charge is -2.12. The Morgan fingerprint density at radius 2 is 1.86 bits per heavy atom. The highest BCUT2D eigenvalue weighted by molar-refractivity contribution is 7.80. The molecule has 0 heterocycles. The Bertz CT molecular complexity index is 464. The van der Waals surface area contributed by atoms with E-state index < -0.39 is 6.36 Å². The van der Waals surface area contributed by atoms with Crippen LogP contribution in [0.2, 0.25) is 0 Å². The lowest BCUT2D eigenvalue weighted by molar-refractivity contribution is -0.274. The van der Waals surface area contributed by atoms with Crippen LogP contribution in [0.25, 0.3) is 0 Å². The van der Waals surface area contributed by atoms with Crippen molar-refractivity contribution in [1.29, 1.82) is 0 Å². The second-order valence-corrected chi connectivity index (χ2v) is 5.13. The van der Waals surface area contributed by atoms with Gasteiger partial charge in [0.15, 0.2) is 5.11 Å². The summed E-state index contributed by atoms with van der Waals surface area (Å²) in [7, 11) is 0. The summed E-state index contributed by atoms with van der Waals surface area (Å²) in [6, 6.07) is 5.34. The number of hydrogen-bond acceptors (Lipinski definition) is 3. The van der Waals surface area contributed by atoms with E-state index in [-0.39, 0.29) is 11.9 Å². The normalized spacial score (nSPS) is 11.4. The predicted octanol–water partition coefficient (Wildman–Crippen LogP) is 3.69. The monoisotopic (exact) mass is 336 g/mol. The molecule has 0 amide bonds. The van der Waals surface area contributed by atoms with Crippen LogP contribution < -0.4 is 15.4 Å². The average molecular weight is 336 g/mol. The van der Waals surface area contributed by atoms with Gasteiger partial charge >= 0.3 is 6.36 Å². The molecule has 0 saturated heterocycles. The summed E-state index contributed by atoms with van der Waals surface area (Å²) >= 11 is 5.08. The molecule has 1 aromatic carbocycles. The third-order valence-electron chi connectivity index (χ3n) is 2.40. The third kappa shape index (κ3) is 8.68. The van der Waals surface area contributed by atoms with Gasteiger partial charge in [-0.2, -0.15) is 0 Å². The predicted molar refractivity (Wildman–Crippen MR) is 83.1 cm³/mol. The first kappa shape index (κ1) is 18.5. The Balaban J connectivity index is 2.30. The summed E-state index contributed by atoms with van der Waals surface area (Å²) in [6.07, 6.45) is -3.69. The van der Waals surface area contributed by atoms with Gasteiger partial charge in [0.1, 0.15) is 5.75 Å². The Morgan fingerprint density at radius 1 is 1.23 bits per heavy atom. The van der Waals surface area contributed by atoms with E-state index in [9.17, 15) is 13.2 Å². The molecule has 8 heteroatoms. The molecule has 0 aliphatic heterocycles. The Morgan fingerprint density at radius 3 is 2.41 bits per heavy atom. The van der Waals surface area contributed by atoms with Gasteiger partial charge in [0.05, 0.1) is 6.10 Å². The molecule has 0 radical (unpaired) electrons. The number of thiocarbonyl (C=S) groups is 1. The molecule has 0 bridgehead atoms. The fourth-order valence-corrected chi connectivity index (χ4v) is 1.73. The van der Waals surface area contributed by atoms with E-state index in [2.05, 4.69) is 15.4 Å². The van der Waals surface area contributed by atoms with Gasteiger partial charge in [-0.05, 0) is 56.8 Å². The molecular formula is C14H19F3N2O2S. The minimum atomic E-state index is -4.69. The minimum absolute atomic E-state index is 0.197. The minimum Gasteiger partial charge on any atom is -0.406 e. The Kier molecular flexibility index (Phi) is 7.40. The first-order chi connectivity index (χ1) is 10.3. The van der Waals surface area contributed by atoms with Crippen LogP contribution in [0.15, 0.2) is 24.3 Å². The fourth-order valence-electron chi connectivity index (χ4n) is 1.51. The maximum atomic E-state index is 12.0. The van der Waals surface area contributed by atoms with E-state index in [1.54, 1.807) is 0 Å². The third-order valence-corrected chi connectivity index (χ3v) is 2.65. The van der Waals surface area contributed by atoms with Gasteiger partial charge in [0, 0.05) is 18.8 Å². The van der Waals surface area contributed by atoms with Crippen LogP contribution in [-0.4, -0.2) is 30.7 Å². The van der Waals surface area contributed by atoms with Crippen molar-refractivity contribution in [2.75, 3.05) is 18.5 Å². The molecule has 0 fully saturated rings. The molecule has 0 unspecified atom stereocenters. The summed E-state index contributed by atoms with van der Waals surface area (Å²) in [5.41, 5.74) is 0.574. The zero-order valence-corrected chi connectivity index (χ0v) is 13.2. The van der Waals surface area contributed by atoms with Crippen molar-refractivity contribution in [2.45, 2.75) is 32.7 Å². The Labute approximate surface area is 133 Å². The van der Waals surface area contributed by atoms with Gasteiger partial charge in [-0.15, -0.1) is 13.2 Å². The van der Waals surface area contributed by atoms with Crippen molar-refractivity contribution in [3.63, 3.8) is 0 Å². The number of ether oxygens (including phenoxy) is 2. The van der Waals surface area contributed by atoms with E-state index in [0.29, 0.717) is 24.0 Å². The van der Waals surface area contributed by atoms with Crippen molar-refractivity contribution < 1.29 is 22.6 Å². The molecule has 1 rings (SSSR count). The molecule has 124 valence electrons. The van der Waals surface area contributed by atoms with Gasteiger partial charge < -0.3 is 20.1 Å². The van der Waals surface area contributed by atoms with Crippen LogP contribution in [0.5, 0.6) is 5.75 Å². The Hall–Kier alpha value is -1.54. The van der Waals surface area contributed by atoms with Gasteiger partial charge in [-0.3, -0.25) is 0 Å². The zero-order chi connectivity index (χ0) is 16.6. The largest absolute Gasteiger partial charge is 0.573 e. The van der Waals surface area contributed by atoms with Gasteiger partial charge in [0.25, 0.3) is 0 Å². The number of alkyl halides is 3. The highest BCUT2D eigenvalue weighted by atomic mass is 32.1. The van der Waals surface area contributed by atoms with Crippen LogP contribution in [-0.2, 0) is 4.74 Å². The summed E-state index contributed by atoms with van der Waals surface area (Å²) < 4.78 is 45.2. The van der Waals surface area contributed by atoms with Crippen molar-refractivity contribution >= 4 is 23.0 Å². The summed E-state index contributed by atoms with van der Waals surface area (Å²) in [6.45, 7) is 5.21. The van der Waals surface area contributed by atoms with Crippen LogP contribution in [0.4, 0.5) is 18.9 Å². The van der Waals surface area contributed by atoms with Gasteiger partial charge in [-0.25, -0.2) is 0 Å². The molecule has 0 aliphatic rings. The second-order valence-electron chi connectivity index (χ2n) is 4.73. The molecule has 0 aromatic heterocycles. The topological polar surface area (TPSA) is 42.5 Å². The number of halogens is 3. The number of benzene rings is 1. The van der Waals surface area contributed by atoms with Crippen molar-refractivity contribution in [2.24, 2.45) is 0 Å². The molecular weight excluding hydrogens is 317 g/mol. The SMILES string of the molecule is CC(C)OCCCNC(=S)Nc1ccc(OC(F)(F)F)cc1. The van der Waals surface area contributed by atoms with Crippen molar-refractivity contribution in [1.82, 2.24) is 5.32 Å². The van der Waals surface area contributed by atoms with E-state index >= 15 is 0 Å². The lowest BCUT2D eigenvalue weighted by Crippen LogP contribution is -2.30. The standard InChI is InChI=1S/C14H19F3N2O2S/c1-10(2)20-9-3-8-18-13(22)19-11-4-6-12(7-5-11)21-14(15,16)17/h4-7,10H,3,8-9H2,1-2H3,(H2,18,19,22). The van der Waals surface area contributed by atoms with Crippen molar-refractivity contribution in [3.05, 3.63) is 24.3 Å². The van der Waals surface area contributed by atoms with Gasteiger partial charge in [0.2, 0.25) is 0 Å². The summed E-state index contributed by atoms with van der Waals surface area (Å²) in [5.74, 6) is -0.275. The summed E-state index contributed by atoms with van der Waals surface area (Å²) in [5, 5.41) is 6.26.